The van der Waals surface area contributed by atoms with Crippen LogP contribution in [-0.4, -0.2) is 15.0 Å². The second-order valence-corrected chi connectivity index (χ2v) is 12.6. The summed E-state index contributed by atoms with van der Waals surface area (Å²) in [5.41, 5.74) is 7.03. The quantitative estimate of drug-likeness (QED) is 0.188. The van der Waals surface area contributed by atoms with Crippen molar-refractivity contribution in [3.63, 3.8) is 0 Å². The predicted molar refractivity (Wildman–Crippen MR) is 191 cm³/mol. The van der Waals surface area contributed by atoms with Crippen LogP contribution in [0.2, 0.25) is 0 Å². The summed E-state index contributed by atoms with van der Waals surface area (Å²) in [4.78, 5) is 15.3. The highest BCUT2D eigenvalue weighted by Crippen LogP contribution is 2.44. The Labute approximate surface area is 262 Å². The number of aromatic nitrogens is 3. The lowest BCUT2D eigenvalue weighted by Gasteiger charge is -2.15. The van der Waals surface area contributed by atoms with Crippen molar-refractivity contribution in [1.29, 1.82) is 0 Å². The summed E-state index contributed by atoms with van der Waals surface area (Å²) in [6.45, 7) is 0. The minimum atomic E-state index is 0.925. The van der Waals surface area contributed by atoms with Crippen LogP contribution in [0.25, 0.3) is 96.9 Å². The molecule has 0 radical (unpaired) electrons. The number of rotatable bonds is 2. The summed E-state index contributed by atoms with van der Waals surface area (Å²) in [5, 5.41) is 10.7. The van der Waals surface area contributed by atoms with Gasteiger partial charge in [0.1, 0.15) is 0 Å². The molecule has 10 aromatic rings. The Bertz CT molecular complexity index is 2830. The molecule has 4 heterocycles. The van der Waals surface area contributed by atoms with E-state index in [9.17, 15) is 0 Å². The first-order valence-electron chi connectivity index (χ1n) is 15.1. The average Bonchev–Trinajstić information content (AvgIpc) is 3.49. The fraction of sp³-hybridized carbons (Fsp3) is 0. The van der Waals surface area contributed by atoms with Gasteiger partial charge >= 0.3 is 0 Å². The van der Waals surface area contributed by atoms with E-state index in [4.69, 9.17) is 9.97 Å². The fourth-order valence-electron chi connectivity index (χ4n) is 7.03. The SMILES string of the molecule is c1cnc2c(c1)ccc1ccc(-c3ccc(-c4nc5ccc6c7ccccc7sc6c5c5ccccc45)c4ccccc34)nc12. The molecule has 0 aliphatic rings. The fourth-order valence-corrected chi connectivity index (χ4v) is 8.29. The molecule has 0 unspecified atom stereocenters. The van der Waals surface area contributed by atoms with Gasteiger partial charge in [-0.3, -0.25) is 4.98 Å². The molecule has 4 heteroatoms. The number of hydrogen-bond donors (Lipinski definition) is 0. The summed E-state index contributed by atoms with van der Waals surface area (Å²) in [6.07, 6.45) is 1.84. The average molecular weight is 590 g/mol. The van der Waals surface area contributed by atoms with Gasteiger partial charge in [-0.2, -0.15) is 0 Å². The number of nitrogens with zero attached hydrogens (tertiary/aromatic N) is 3. The summed E-state index contributed by atoms with van der Waals surface area (Å²) < 4.78 is 2.61. The summed E-state index contributed by atoms with van der Waals surface area (Å²) in [6, 6.07) is 47.5. The van der Waals surface area contributed by atoms with Crippen LogP contribution >= 0.6 is 11.3 Å². The molecule has 0 aliphatic carbocycles. The summed E-state index contributed by atoms with van der Waals surface area (Å²) in [5.74, 6) is 0. The Balaban J connectivity index is 1.23. The molecular weight excluding hydrogens is 567 g/mol. The maximum Gasteiger partial charge on any atom is 0.0972 e. The lowest BCUT2D eigenvalue weighted by Crippen LogP contribution is -1.93. The molecule has 0 amide bonds. The van der Waals surface area contributed by atoms with Crippen LogP contribution in [-0.2, 0) is 0 Å². The number of hydrogen-bond acceptors (Lipinski definition) is 4. The third-order valence-corrected chi connectivity index (χ3v) is 10.3. The normalized spacial score (nSPS) is 12.0. The van der Waals surface area contributed by atoms with Crippen molar-refractivity contribution in [1.82, 2.24) is 15.0 Å². The van der Waals surface area contributed by atoms with Crippen LogP contribution < -0.4 is 0 Å². The van der Waals surface area contributed by atoms with Crippen molar-refractivity contribution in [3.8, 4) is 22.5 Å². The van der Waals surface area contributed by atoms with Gasteiger partial charge < -0.3 is 0 Å². The third-order valence-electron chi connectivity index (χ3n) is 9.10. The molecule has 0 bridgehead atoms. The Morgan fingerprint density at radius 3 is 2.00 bits per heavy atom. The maximum atomic E-state index is 5.40. The van der Waals surface area contributed by atoms with Crippen molar-refractivity contribution < 1.29 is 0 Å². The summed E-state index contributed by atoms with van der Waals surface area (Å²) >= 11 is 1.86. The first-order chi connectivity index (χ1) is 22.3. The van der Waals surface area contributed by atoms with E-state index in [0.717, 1.165) is 66.0 Å². The largest absolute Gasteiger partial charge is 0.254 e. The van der Waals surface area contributed by atoms with Gasteiger partial charge in [0.05, 0.1) is 27.9 Å². The number of benzene rings is 6. The topological polar surface area (TPSA) is 38.7 Å². The highest BCUT2D eigenvalue weighted by molar-refractivity contribution is 7.26. The van der Waals surface area contributed by atoms with Gasteiger partial charge in [0, 0.05) is 59.0 Å². The predicted octanol–water partition coefficient (Wildman–Crippen LogP) is 11.3. The lowest BCUT2D eigenvalue weighted by molar-refractivity contribution is 1.37. The van der Waals surface area contributed by atoms with Crippen LogP contribution in [0.3, 0.4) is 0 Å². The van der Waals surface area contributed by atoms with Gasteiger partial charge in [-0.05, 0) is 40.4 Å². The Morgan fingerprint density at radius 1 is 0.444 bits per heavy atom. The molecule has 4 aromatic heterocycles. The van der Waals surface area contributed by atoms with Gasteiger partial charge in [-0.15, -0.1) is 11.3 Å². The van der Waals surface area contributed by atoms with Crippen LogP contribution in [0.1, 0.15) is 0 Å². The molecule has 0 saturated heterocycles. The molecule has 0 aliphatic heterocycles. The first kappa shape index (κ1) is 24.7. The van der Waals surface area contributed by atoms with E-state index < -0.39 is 0 Å². The van der Waals surface area contributed by atoms with E-state index in [1.165, 1.54) is 30.9 Å². The number of pyridine rings is 3. The van der Waals surface area contributed by atoms with Crippen LogP contribution in [0.15, 0.2) is 140 Å². The summed E-state index contributed by atoms with van der Waals surface area (Å²) in [7, 11) is 0. The van der Waals surface area contributed by atoms with Crippen molar-refractivity contribution in [2.24, 2.45) is 0 Å². The maximum absolute atomic E-state index is 5.40. The third kappa shape index (κ3) is 3.60. The van der Waals surface area contributed by atoms with E-state index in [-0.39, 0.29) is 0 Å². The minimum absolute atomic E-state index is 0.925. The van der Waals surface area contributed by atoms with E-state index in [0.29, 0.717) is 0 Å². The van der Waals surface area contributed by atoms with Crippen molar-refractivity contribution in [2.75, 3.05) is 0 Å². The zero-order chi connectivity index (χ0) is 29.5. The molecule has 0 saturated carbocycles. The van der Waals surface area contributed by atoms with Crippen LogP contribution in [0.4, 0.5) is 0 Å². The second kappa shape index (κ2) is 9.39. The van der Waals surface area contributed by atoms with E-state index in [1.807, 2.05) is 23.6 Å². The molecule has 0 N–H and O–H groups in total. The smallest absolute Gasteiger partial charge is 0.0972 e. The standard InChI is InChI=1S/C41H23N3S/c1-2-10-27-26(9-1)28(34-21-17-25-16-15-24-8-7-23-42-38(24)39(25)43-34)18-19-32(27)40-31-13-4-3-12-30(31)37-35(44-40)22-20-33-29-11-5-6-14-36(29)45-41(33)37/h1-23H. The zero-order valence-corrected chi connectivity index (χ0v) is 24.8. The molecule has 208 valence electrons. The minimum Gasteiger partial charge on any atom is -0.254 e. The molecule has 3 nitrogen and oxygen atoms in total. The zero-order valence-electron chi connectivity index (χ0n) is 24.0. The number of thiophene rings is 1. The van der Waals surface area contributed by atoms with E-state index >= 15 is 0 Å². The van der Waals surface area contributed by atoms with Crippen molar-refractivity contribution in [2.45, 2.75) is 0 Å². The van der Waals surface area contributed by atoms with Gasteiger partial charge in [0.2, 0.25) is 0 Å². The van der Waals surface area contributed by atoms with Crippen LogP contribution in [0, 0.1) is 0 Å². The second-order valence-electron chi connectivity index (χ2n) is 11.6. The Kier molecular flexibility index (Phi) is 5.16. The molecule has 0 fully saturated rings. The Morgan fingerprint density at radius 2 is 1.13 bits per heavy atom. The van der Waals surface area contributed by atoms with Gasteiger partial charge in [-0.1, -0.05) is 109 Å². The first-order valence-corrected chi connectivity index (χ1v) is 15.9. The molecule has 45 heavy (non-hydrogen) atoms. The molecular formula is C41H23N3S. The number of fused-ring (bicyclic) bond motifs is 11. The van der Waals surface area contributed by atoms with Crippen molar-refractivity contribution >= 4 is 85.8 Å². The molecule has 0 spiro atoms. The highest BCUT2D eigenvalue weighted by Gasteiger charge is 2.18. The van der Waals surface area contributed by atoms with Gasteiger partial charge in [0.15, 0.2) is 0 Å². The molecule has 6 aromatic carbocycles. The lowest BCUT2D eigenvalue weighted by atomic mass is 9.92. The highest BCUT2D eigenvalue weighted by atomic mass is 32.1. The van der Waals surface area contributed by atoms with Gasteiger partial charge in [0.25, 0.3) is 0 Å². The van der Waals surface area contributed by atoms with Gasteiger partial charge in [-0.25, -0.2) is 9.97 Å². The monoisotopic (exact) mass is 589 g/mol. The molecule has 10 rings (SSSR count). The van der Waals surface area contributed by atoms with Crippen LogP contribution in [0.5, 0.6) is 0 Å². The molecule has 0 atom stereocenters. The van der Waals surface area contributed by atoms with E-state index in [1.54, 1.807) is 0 Å². The van der Waals surface area contributed by atoms with Crippen molar-refractivity contribution in [3.05, 3.63) is 140 Å². The Hall–Kier alpha value is -5.71. The van der Waals surface area contributed by atoms with E-state index in [2.05, 4.69) is 132 Å².